The summed E-state index contributed by atoms with van der Waals surface area (Å²) in [6, 6.07) is 3.69. The normalized spacial score (nSPS) is 17.2. The van der Waals surface area contributed by atoms with E-state index < -0.39 is 0 Å². The van der Waals surface area contributed by atoms with Gasteiger partial charge in [0.2, 0.25) is 5.91 Å². The number of carbonyl (C=O) groups is 1. The van der Waals surface area contributed by atoms with E-state index in [4.69, 9.17) is 0 Å². The molecule has 4 nitrogen and oxygen atoms in total. The van der Waals surface area contributed by atoms with E-state index in [-0.39, 0.29) is 11.8 Å². The zero-order valence-corrected chi connectivity index (χ0v) is 9.80. The van der Waals surface area contributed by atoms with Gasteiger partial charge in [-0.2, -0.15) is 5.10 Å². The first-order chi connectivity index (χ1) is 8.36. The summed E-state index contributed by atoms with van der Waals surface area (Å²) < 4.78 is 0. The van der Waals surface area contributed by atoms with Gasteiger partial charge in [0.05, 0.1) is 6.21 Å². The van der Waals surface area contributed by atoms with Crippen molar-refractivity contribution in [2.75, 3.05) is 0 Å². The van der Waals surface area contributed by atoms with Crippen LogP contribution in [-0.2, 0) is 4.79 Å². The molecule has 1 fully saturated rings. The Balaban J connectivity index is 1.81. The standard InChI is InChI=1S/C13H17N3O/c17-13(12-4-2-1-3-5-12)16-15-10-11-6-8-14-9-7-11/h6-10,12H,1-5H2,(H,16,17). The molecule has 1 aliphatic rings. The molecule has 1 N–H and O–H groups in total. The van der Waals surface area contributed by atoms with Crippen LogP contribution in [-0.4, -0.2) is 17.1 Å². The van der Waals surface area contributed by atoms with Gasteiger partial charge in [-0.25, -0.2) is 5.43 Å². The van der Waals surface area contributed by atoms with Crippen molar-refractivity contribution in [3.05, 3.63) is 30.1 Å². The molecular formula is C13H17N3O. The molecular weight excluding hydrogens is 214 g/mol. The lowest BCUT2D eigenvalue weighted by atomic mass is 9.89. The Labute approximate surface area is 101 Å². The number of carbonyl (C=O) groups excluding carboxylic acids is 1. The number of hydrogen-bond acceptors (Lipinski definition) is 3. The highest BCUT2D eigenvalue weighted by atomic mass is 16.2. The Morgan fingerprint density at radius 1 is 1.29 bits per heavy atom. The van der Waals surface area contributed by atoms with Gasteiger partial charge in [0.15, 0.2) is 0 Å². The Morgan fingerprint density at radius 3 is 2.71 bits per heavy atom. The van der Waals surface area contributed by atoms with Gasteiger partial charge in [-0.3, -0.25) is 9.78 Å². The molecule has 1 aromatic rings. The maximum absolute atomic E-state index is 11.8. The van der Waals surface area contributed by atoms with Gasteiger partial charge < -0.3 is 0 Å². The second-order valence-electron chi connectivity index (χ2n) is 4.35. The first-order valence-electron chi connectivity index (χ1n) is 6.09. The fraction of sp³-hybridized carbons (Fsp3) is 0.462. The first-order valence-corrected chi connectivity index (χ1v) is 6.09. The molecule has 1 saturated carbocycles. The SMILES string of the molecule is O=C(NN=Cc1ccncc1)C1CCCCC1. The first kappa shape index (κ1) is 11.8. The van der Waals surface area contributed by atoms with Crippen molar-refractivity contribution in [1.29, 1.82) is 0 Å². The minimum absolute atomic E-state index is 0.0509. The molecule has 1 amide bonds. The average molecular weight is 231 g/mol. The number of hydrazone groups is 1. The summed E-state index contributed by atoms with van der Waals surface area (Å²) in [6.07, 6.45) is 10.6. The van der Waals surface area contributed by atoms with Crippen LogP contribution in [0.25, 0.3) is 0 Å². The van der Waals surface area contributed by atoms with E-state index in [0.29, 0.717) is 0 Å². The number of nitrogens with zero attached hydrogens (tertiary/aromatic N) is 2. The number of pyridine rings is 1. The summed E-state index contributed by atoms with van der Waals surface area (Å²) in [7, 11) is 0. The molecule has 0 radical (unpaired) electrons. The van der Waals surface area contributed by atoms with Crippen LogP contribution in [0, 0.1) is 5.92 Å². The molecule has 0 atom stereocenters. The van der Waals surface area contributed by atoms with Gasteiger partial charge in [0.1, 0.15) is 0 Å². The van der Waals surface area contributed by atoms with Crippen molar-refractivity contribution in [3.63, 3.8) is 0 Å². The molecule has 0 bridgehead atoms. The van der Waals surface area contributed by atoms with Crippen molar-refractivity contribution < 1.29 is 4.79 Å². The van der Waals surface area contributed by atoms with Gasteiger partial charge in [0, 0.05) is 18.3 Å². The van der Waals surface area contributed by atoms with Crippen molar-refractivity contribution >= 4 is 12.1 Å². The van der Waals surface area contributed by atoms with Gasteiger partial charge in [0.25, 0.3) is 0 Å². The summed E-state index contributed by atoms with van der Waals surface area (Å²) in [6.45, 7) is 0. The number of amides is 1. The van der Waals surface area contributed by atoms with Crippen molar-refractivity contribution in [2.45, 2.75) is 32.1 Å². The molecule has 0 saturated heterocycles. The monoisotopic (exact) mass is 231 g/mol. The van der Waals surface area contributed by atoms with Gasteiger partial charge in [-0.15, -0.1) is 0 Å². The predicted octanol–water partition coefficient (Wildman–Crippen LogP) is 2.11. The Hall–Kier alpha value is -1.71. The summed E-state index contributed by atoms with van der Waals surface area (Å²) in [4.78, 5) is 15.7. The molecule has 17 heavy (non-hydrogen) atoms. The van der Waals surface area contributed by atoms with Crippen LogP contribution in [0.5, 0.6) is 0 Å². The number of rotatable bonds is 3. The summed E-state index contributed by atoms with van der Waals surface area (Å²) >= 11 is 0. The quantitative estimate of drug-likeness (QED) is 0.640. The second kappa shape index (κ2) is 6.13. The van der Waals surface area contributed by atoms with Gasteiger partial charge in [-0.05, 0) is 30.5 Å². The summed E-state index contributed by atoms with van der Waals surface area (Å²) in [5.74, 6) is 0.202. The molecule has 4 heteroatoms. The zero-order valence-electron chi connectivity index (χ0n) is 9.80. The summed E-state index contributed by atoms with van der Waals surface area (Å²) in [5, 5.41) is 3.96. The third-order valence-corrected chi connectivity index (χ3v) is 3.07. The van der Waals surface area contributed by atoms with Gasteiger partial charge in [-0.1, -0.05) is 19.3 Å². The molecule has 0 unspecified atom stereocenters. The smallest absolute Gasteiger partial charge is 0.243 e. The average Bonchev–Trinajstić information content (AvgIpc) is 2.41. The minimum atomic E-state index is 0.0509. The topological polar surface area (TPSA) is 54.4 Å². The molecule has 0 aromatic carbocycles. The maximum atomic E-state index is 11.8. The van der Waals surface area contributed by atoms with Crippen LogP contribution < -0.4 is 5.43 Å². The van der Waals surface area contributed by atoms with E-state index in [9.17, 15) is 4.79 Å². The molecule has 1 aliphatic carbocycles. The molecule has 0 spiro atoms. The second-order valence-corrected chi connectivity index (χ2v) is 4.35. The fourth-order valence-corrected chi connectivity index (χ4v) is 2.08. The molecule has 90 valence electrons. The van der Waals surface area contributed by atoms with Crippen LogP contribution in [0.3, 0.4) is 0 Å². The van der Waals surface area contributed by atoms with Crippen molar-refractivity contribution in [3.8, 4) is 0 Å². The third-order valence-electron chi connectivity index (χ3n) is 3.07. The van der Waals surface area contributed by atoms with Crippen molar-refractivity contribution in [2.24, 2.45) is 11.0 Å². The highest BCUT2D eigenvalue weighted by Crippen LogP contribution is 2.23. The van der Waals surface area contributed by atoms with Crippen LogP contribution in [0.15, 0.2) is 29.6 Å². The highest BCUT2D eigenvalue weighted by molar-refractivity contribution is 5.83. The van der Waals surface area contributed by atoms with Crippen LogP contribution in [0.2, 0.25) is 0 Å². The highest BCUT2D eigenvalue weighted by Gasteiger charge is 2.20. The van der Waals surface area contributed by atoms with Gasteiger partial charge >= 0.3 is 0 Å². The lowest BCUT2D eigenvalue weighted by molar-refractivity contribution is -0.125. The Bertz CT molecular complexity index is 383. The van der Waals surface area contributed by atoms with E-state index in [2.05, 4.69) is 15.5 Å². The lowest BCUT2D eigenvalue weighted by Crippen LogP contribution is -2.28. The van der Waals surface area contributed by atoms with E-state index in [1.54, 1.807) is 18.6 Å². The maximum Gasteiger partial charge on any atom is 0.243 e. The van der Waals surface area contributed by atoms with E-state index in [0.717, 1.165) is 31.2 Å². The number of aromatic nitrogens is 1. The Kier molecular flexibility index (Phi) is 4.24. The number of nitrogens with one attached hydrogen (secondary N) is 1. The van der Waals surface area contributed by atoms with E-state index in [1.807, 2.05) is 12.1 Å². The van der Waals surface area contributed by atoms with Crippen LogP contribution >= 0.6 is 0 Å². The largest absolute Gasteiger partial charge is 0.273 e. The fourth-order valence-electron chi connectivity index (χ4n) is 2.08. The van der Waals surface area contributed by atoms with Crippen molar-refractivity contribution in [1.82, 2.24) is 10.4 Å². The molecule has 1 aromatic heterocycles. The number of hydrogen-bond donors (Lipinski definition) is 1. The molecule has 2 rings (SSSR count). The predicted molar refractivity (Wildman–Crippen MR) is 66.5 cm³/mol. The minimum Gasteiger partial charge on any atom is -0.273 e. The zero-order chi connectivity index (χ0) is 11.9. The van der Waals surface area contributed by atoms with E-state index >= 15 is 0 Å². The van der Waals surface area contributed by atoms with Crippen LogP contribution in [0.4, 0.5) is 0 Å². The lowest BCUT2D eigenvalue weighted by Gasteiger charge is -2.19. The summed E-state index contributed by atoms with van der Waals surface area (Å²) in [5.41, 5.74) is 3.55. The van der Waals surface area contributed by atoms with E-state index in [1.165, 1.54) is 6.42 Å². The van der Waals surface area contributed by atoms with Crippen LogP contribution in [0.1, 0.15) is 37.7 Å². The third kappa shape index (κ3) is 3.66. The Morgan fingerprint density at radius 2 is 2.00 bits per heavy atom. The molecule has 1 heterocycles. The molecule has 0 aliphatic heterocycles.